The van der Waals surface area contributed by atoms with E-state index >= 15 is 0 Å². The first kappa shape index (κ1) is 20.5. The molecule has 6 atom stereocenters. The molecule has 7 rings (SSSR count). The van der Waals surface area contributed by atoms with Crippen molar-refractivity contribution in [2.24, 2.45) is 11.3 Å². The van der Waals surface area contributed by atoms with Crippen molar-refractivity contribution in [2.75, 3.05) is 14.1 Å². The molecule has 1 saturated heterocycles. The molecule has 3 aliphatic carbocycles. The molecule has 0 unspecified atom stereocenters. The Labute approximate surface area is 198 Å². The third kappa shape index (κ3) is 2.68. The van der Waals surface area contributed by atoms with Gasteiger partial charge in [0.05, 0.1) is 11.2 Å². The lowest BCUT2D eigenvalue weighted by atomic mass is 9.56. The molecule has 0 radical (unpaired) electrons. The number of ether oxygens (including phenoxy) is 1. The smallest absolute Gasteiger partial charge is 0.0956 e. The van der Waals surface area contributed by atoms with Gasteiger partial charge in [0, 0.05) is 6.04 Å². The summed E-state index contributed by atoms with van der Waals surface area (Å²) < 4.78 is 7.43. The Bertz CT molecular complexity index is 1190. The first-order valence-electron chi connectivity index (χ1n) is 13.2. The van der Waals surface area contributed by atoms with Gasteiger partial charge in [-0.05, 0) is 110 Å². The Morgan fingerprint density at radius 1 is 0.970 bits per heavy atom. The highest BCUT2D eigenvalue weighted by molar-refractivity contribution is 5.83. The van der Waals surface area contributed by atoms with Gasteiger partial charge in [0.2, 0.25) is 0 Å². The van der Waals surface area contributed by atoms with Gasteiger partial charge in [0.25, 0.3) is 0 Å². The Kier molecular flexibility index (Phi) is 4.24. The molecule has 2 spiro atoms. The van der Waals surface area contributed by atoms with E-state index in [-0.39, 0.29) is 11.2 Å². The number of rotatable bonds is 2. The molecular formula is C31H37NO. The van der Waals surface area contributed by atoms with Crippen molar-refractivity contribution in [3.63, 3.8) is 0 Å². The molecule has 2 heterocycles. The fraction of sp³-hybridized carbons (Fsp3) is 0.548. The number of hydrogen-bond acceptors (Lipinski definition) is 2. The maximum Gasteiger partial charge on any atom is 0.0956 e. The van der Waals surface area contributed by atoms with Crippen LogP contribution in [0.15, 0.2) is 65.8 Å². The molecule has 2 aromatic rings. The SMILES string of the molecule is CN(C)[C@@H]1CC=C2C=C3CC[C@]4(C)[C@@H](c5ccc6ccccc6c5)CC[C@H]4[C@@]34CC[C@]2(C1)O4. The highest BCUT2D eigenvalue weighted by Gasteiger charge is 2.67. The summed E-state index contributed by atoms with van der Waals surface area (Å²) in [7, 11) is 4.47. The van der Waals surface area contributed by atoms with Crippen molar-refractivity contribution in [2.45, 2.75) is 81.5 Å². The fourth-order valence-electron chi connectivity index (χ4n) is 8.81. The van der Waals surface area contributed by atoms with Crippen LogP contribution in [0, 0.1) is 11.3 Å². The summed E-state index contributed by atoms with van der Waals surface area (Å²) in [5, 5.41) is 2.74. The molecular weight excluding hydrogens is 402 g/mol. The summed E-state index contributed by atoms with van der Waals surface area (Å²) in [5.74, 6) is 1.28. The van der Waals surface area contributed by atoms with Gasteiger partial charge in [-0.15, -0.1) is 0 Å². The van der Waals surface area contributed by atoms with Crippen LogP contribution in [0.4, 0.5) is 0 Å². The van der Waals surface area contributed by atoms with Gasteiger partial charge < -0.3 is 9.64 Å². The summed E-state index contributed by atoms with van der Waals surface area (Å²) in [4.78, 5) is 2.41. The van der Waals surface area contributed by atoms with Gasteiger partial charge in [0.1, 0.15) is 0 Å². The van der Waals surface area contributed by atoms with Crippen LogP contribution >= 0.6 is 0 Å². The maximum absolute atomic E-state index is 7.43. The molecule has 33 heavy (non-hydrogen) atoms. The third-order valence-electron chi connectivity index (χ3n) is 10.6. The van der Waals surface area contributed by atoms with Gasteiger partial charge in [-0.1, -0.05) is 61.5 Å². The van der Waals surface area contributed by atoms with Crippen LogP contribution in [0.25, 0.3) is 10.8 Å². The zero-order chi connectivity index (χ0) is 22.4. The molecule has 2 saturated carbocycles. The Hall–Kier alpha value is -1.90. The second-order valence-electron chi connectivity index (χ2n) is 12.2. The lowest BCUT2D eigenvalue weighted by molar-refractivity contribution is -0.144. The average molecular weight is 440 g/mol. The first-order chi connectivity index (χ1) is 15.9. The predicted molar refractivity (Wildman–Crippen MR) is 135 cm³/mol. The van der Waals surface area contributed by atoms with Crippen molar-refractivity contribution in [1.29, 1.82) is 0 Å². The summed E-state index contributed by atoms with van der Waals surface area (Å²) in [5.41, 5.74) is 4.97. The van der Waals surface area contributed by atoms with E-state index in [9.17, 15) is 0 Å². The number of benzene rings is 2. The number of fused-ring (bicyclic) bond motifs is 2. The van der Waals surface area contributed by atoms with Crippen LogP contribution < -0.4 is 0 Å². The zero-order valence-corrected chi connectivity index (χ0v) is 20.4. The molecule has 0 N–H and O–H groups in total. The molecule has 2 bridgehead atoms. The van der Waals surface area contributed by atoms with Crippen molar-refractivity contribution < 1.29 is 4.74 Å². The Morgan fingerprint density at radius 3 is 2.67 bits per heavy atom. The van der Waals surface area contributed by atoms with E-state index in [1.807, 2.05) is 0 Å². The second-order valence-corrected chi connectivity index (χ2v) is 12.2. The molecule has 0 amide bonds. The van der Waals surface area contributed by atoms with Gasteiger partial charge in [-0.25, -0.2) is 0 Å². The van der Waals surface area contributed by atoms with Crippen LogP contribution in [0.5, 0.6) is 0 Å². The third-order valence-corrected chi connectivity index (χ3v) is 10.6. The van der Waals surface area contributed by atoms with Gasteiger partial charge in [0.15, 0.2) is 0 Å². The number of hydrogen-bond donors (Lipinski definition) is 0. The summed E-state index contributed by atoms with van der Waals surface area (Å²) >= 11 is 0. The quantitative estimate of drug-likeness (QED) is 0.499. The topological polar surface area (TPSA) is 12.5 Å². The predicted octanol–water partition coefficient (Wildman–Crippen LogP) is 7.01. The standard InChI is InChI=1S/C31H37NO/c1-29-15-14-25-19-24-10-11-26(32(2)3)20-30(24)16-17-31(25,33-30)28(29)13-12-27(29)23-9-8-21-6-4-5-7-22(21)18-23/h4-10,18-19,26-28H,11-17,20H2,1-3H3/t26-,27-,28-,29-,30-,31-/m1/s1. The van der Waals surface area contributed by atoms with Gasteiger partial charge >= 0.3 is 0 Å². The van der Waals surface area contributed by atoms with Crippen LogP contribution in [-0.4, -0.2) is 36.2 Å². The second kappa shape index (κ2) is 6.83. The summed E-state index contributed by atoms with van der Waals surface area (Å²) in [6.07, 6.45) is 15.0. The molecule has 0 aromatic heterocycles. The van der Waals surface area contributed by atoms with Crippen LogP contribution in [0.1, 0.15) is 69.8 Å². The van der Waals surface area contributed by atoms with E-state index in [0.717, 1.165) is 12.8 Å². The van der Waals surface area contributed by atoms with E-state index in [0.29, 0.717) is 23.3 Å². The van der Waals surface area contributed by atoms with Crippen molar-refractivity contribution in [1.82, 2.24) is 4.90 Å². The van der Waals surface area contributed by atoms with E-state index in [2.05, 4.69) is 80.5 Å². The highest BCUT2D eigenvalue weighted by Crippen LogP contribution is 2.70. The minimum Gasteiger partial charge on any atom is -0.359 e. The first-order valence-corrected chi connectivity index (χ1v) is 13.2. The molecule has 2 aliphatic heterocycles. The Balaban J connectivity index is 1.27. The minimum atomic E-state index is -0.0318. The van der Waals surface area contributed by atoms with E-state index in [4.69, 9.17) is 4.74 Å². The molecule has 2 aromatic carbocycles. The van der Waals surface area contributed by atoms with Gasteiger partial charge in [-0.3, -0.25) is 0 Å². The molecule has 3 fully saturated rings. The largest absolute Gasteiger partial charge is 0.359 e. The van der Waals surface area contributed by atoms with E-state index in [1.165, 1.54) is 54.9 Å². The van der Waals surface area contributed by atoms with Gasteiger partial charge in [-0.2, -0.15) is 0 Å². The summed E-state index contributed by atoms with van der Waals surface area (Å²) in [6.45, 7) is 2.61. The van der Waals surface area contributed by atoms with Crippen LogP contribution in [0.2, 0.25) is 0 Å². The fourth-order valence-corrected chi connectivity index (χ4v) is 8.81. The van der Waals surface area contributed by atoms with Crippen molar-refractivity contribution in [3.05, 3.63) is 71.3 Å². The molecule has 5 aliphatic rings. The van der Waals surface area contributed by atoms with E-state index in [1.54, 1.807) is 11.1 Å². The zero-order valence-electron chi connectivity index (χ0n) is 20.4. The van der Waals surface area contributed by atoms with E-state index < -0.39 is 0 Å². The lowest BCUT2D eigenvalue weighted by Gasteiger charge is -2.55. The molecule has 172 valence electrons. The number of nitrogens with zero attached hydrogens (tertiary/aromatic N) is 1. The lowest BCUT2D eigenvalue weighted by Crippen LogP contribution is -2.55. The monoisotopic (exact) mass is 439 g/mol. The minimum absolute atomic E-state index is 0.00978. The maximum atomic E-state index is 7.43. The highest BCUT2D eigenvalue weighted by atomic mass is 16.5. The van der Waals surface area contributed by atoms with Crippen molar-refractivity contribution >= 4 is 10.8 Å². The average Bonchev–Trinajstić information content (AvgIpc) is 3.33. The van der Waals surface area contributed by atoms with Crippen LogP contribution in [0.3, 0.4) is 0 Å². The summed E-state index contributed by atoms with van der Waals surface area (Å²) in [6, 6.07) is 16.7. The van der Waals surface area contributed by atoms with Crippen LogP contribution in [-0.2, 0) is 4.74 Å². The molecule has 2 heteroatoms. The Morgan fingerprint density at radius 2 is 1.82 bits per heavy atom. The molecule has 2 nitrogen and oxygen atoms in total. The van der Waals surface area contributed by atoms with Crippen molar-refractivity contribution in [3.8, 4) is 0 Å². The normalized spacial score (nSPS) is 41.4.